The van der Waals surface area contributed by atoms with Crippen LogP contribution in [0.1, 0.15) is 28.6 Å². The summed E-state index contributed by atoms with van der Waals surface area (Å²) in [6.45, 7) is 2.46. The van der Waals surface area contributed by atoms with Gasteiger partial charge in [-0.2, -0.15) is 0 Å². The summed E-state index contributed by atoms with van der Waals surface area (Å²) in [5.41, 5.74) is 4.21. The van der Waals surface area contributed by atoms with Crippen LogP contribution in [0.15, 0.2) is 42.5 Å². The Labute approximate surface area is 181 Å². The van der Waals surface area contributed by atoms with E-state index >= 15 is 0 Å². The lowest BCUT2D eigenvalue weighted by Crippen LogP contribution is -2.37. The van der Waals surface area contributed by atoms with Crippen LogP contribution < -0.4 is 4.90 Å². The predicted molar refractivity (Wildman–Crippen MR) is 114 cm³/mol. The van der Waals surface area contributed by atoms with E-state index in [0.29, 0.717) is 29.6 Å². The Bertz CT molecular complexity index is 1250. The Morgan fingerprint density at radius 1 is 1.07 bits per heavy atom. The summed E-state index contributed by atoms with van der Waals surface area (Å²) in [6, 6.07) is 10.7. The standard InChI is InChI=1S/C22H16Cl2F2N4/c1-11-8-19(24)29-22(27-11)30-7-6-14-15-9-16(23)17(26)10-18(15)28-20(14)21(30)12-2-4-13(25)5-3-12/h2-5,8-10,21,28H,6-7H2,1H3. The highest BCUT2D eigenvalue weighted by molar-refractivity contribution is 6.31. The number of aromatic amines is 1. The average Bonchev–Trinajstić information content (AvgIpc) is 3.05. The number of aryl methyl sites for hydroxylation is 1. The van der Waals surface area contributed by atoms with Gasteiger partial charge in [0.25, 0.3) is 0 Å². The molecular formula is C22H16Cl2F2N4. The molecule has 0 spiro atoms. The molecule has 0 amide bonds. The van der Waals surface area contributed by atoms with Gasteiger partial charge >= 0.3 is 0 Å². The first-order chi connectivity index (χ1) is 14.4. The van der Waals surface area contributed by atoms with Gasteiger partial charge in [-0.3, -0.25) is 0 Å². The van der Waals surface area contributed by atoms with Gasteiger partial charge in [-0.1, -0.05) is 35.3 Å². The number of fused-ring (bicyclic) bond motifs is 3. The minimum atomic E-state index is -0.480. The molecule has 2 aromatic heterocycles. The molecule has 5 rings (SSSR count). The zero-order valence-electron chi connectivity index (χ0n) is 15.9. The van der Waals surface area contributed by atoms with Crippen molar-refractivity contribution in [3.8, 4) is 0 Å². The van der Waals surface area contributed by atoms with E-state index in [1.165, 1.54) is 18.2 Å². The van der Waals surface area contributed by atoms with E-state index in [1.54, 1.807) is 24.3 Å². The largest absolute Gasteiger partial charge is 0.356 e. The topological polar surface area (TPSA) is 44.8 Å². The smallest absolute Gasteiger partial charge is 0.227 e. The van der Waals surface area contributed by atoms with Crippen LogP contribution in [-0.2, 0) is 6.42 Å². The Balaban J connectivity index is 1.73. The van der Waals surface area contributed by atoms with Gasteiger partial charge in [0.15, 0.2) is 0 Å². The normalized spacial score (nSPS) is 16.2. The van der Waals surface area contributed by atoms with Crippen LogP contribution in [-0.4, -0.2) is 21.5 Å². The predicted octanol–water partition coefficient (Wildman–Crippen LogP) is 6.00. The zero-order chi connectivity index (χ0) is 21.0. The van der Waals surface area contributed by atoms with Crippen LogP contribution in [0.5, 0.6) is 0 Å². The molecular weight excluding hydrogens is 429 g/mol. The van der Waals surface area contributed by atoms with Crippen LogP contribution in [0, 0.1) is 18.6 Å². The molecule has 1 aliphatic heterocycles. The summed E-state index contributed by atoms with van der Waals surface area (Å²) in [4.78, 5) is 14.4. The molecule has 4 aromatic rings. The molecule has 0 bridgehead atoms. The SMILES string of the molecule is Cc1cc(Cl)nc(N2CCc3c([nH]c4cc(F)c(Cl)cc34)C2c2ccc(F)cc2)n1. The molecule has 4 nitrogen and oxygen atoms in total. The van der Waals surface area contributed by atoms with Crippen molar-refractivity contribution in [3.63, 3.8) is 0 Å². The van der Waals surface area contributed by atoms with E-state index in [0.717, 1.165) is 27.9 Å². The van der Waals surface area contributed by atoms with E-state index in [1.807, 2.05) is 11.8 Å². The molecule has 0 saturated heterocycles. The van der Waals surface area contributed by atoms with Crippen molar-refractivity contribution in [2.24, 2.45) is 0 Å². The molecule has 1 atom stereocenters. The Hall–Kier alpha value is -2.70. The first-order valence-electron chi connectivity index (χ1n) is 9.43. The van der Waals surface area contributed by atoms with E-state index in [2.05, 4.69) is 15.0 Å². The maximum atomic E-state index is 14.1. The van der Waals surface area contributed by atoms with Crippen LogP contribution in [0.2, 0.25) is 10.2 Å². The molecule has 8 heteroatoms. The number of anilines is 1. The summed E-state index contributed by atoms with van der Waals surface area (Å²) in [5.74, 6) is -0.309. The van der Waals surface area contributed by atoms with Gasteiger partial charge in [0.1, 0.15) is 16.8 Å². The van der Waals surface area contributed by atoms with Crippen molar-refractivity contribution < 1.29 is 8.78 Å². The minimum absolute atomic E-state index is 0.0823. The Kier molecular flexibility index (Phi) is 4.64. The number of rotatable bonds is 2. The van der Waals surface area contributed by atoms with Crippen molar-refractivity contribution in [3.05, 3.63) is 86.8 Å². The monoisotopic (exact) mass is 444 g/mol. The lowest BCUT2D eigenvalue weighted by molar-refractivity contribution is 0.612. The lowest BCUT2D eigenvalue weighted by Gasteiger charge is -2.36. The summed E-state index contributed by atoms with van der Waals surface area (Å²) in [7, 11) is 0. The lowest BCUT2D eigenvalue weighted by atomic mass is 9.92. The van der Waals surface area contributed by atoms with Crippen molar-refractivity contribution in [1.29, 1.82) is 0 Å². The van der Waals surface area contributed by atoms with Crippen LogP contribution in [0.4, 0.5) is 14.7 Å². The fraction of sp³-hybridized carbons (Fsp3) is 0.182. The molecule has 2 aromatic carbocycles. The molecule has 0 radical (unpaired) electrons. The zero-order valence-corrected chi connectivity index (χ0v) is 17.4. The summed E-state index contributed by atoms with van der Waals surface area (Å²) < 4.78 is 27.7. The van der Waals surface area contributed by atoms with Crippen molar-refractivity contribution >= 4 is 40.1 Å². The molecule has 1 unspecified atom stereocenters. The number of nitrogens with one attached hydrogen (secondary N) is 1. The van der Waals surface area contributed by atoms with Gasteiger partial charge in [0.05, 0.1) is 11.1 Å². The average molecular weight is 445 g/mol. The van der Waals surface area contributed by atoms with Gasteiger partial charge in [-0.15, -0.1) is 0 Å². The van der Waals surface area contributed by atoms with Crippen LogP contribution in [0.25, 0.3) is 10.9 Å². The third-order valence-electron chi connectivity index (χ3n) is 5.42. The van der Waals surface area contributed by atoms with Gasteiger partial charge in [0.2, 0.25) is 5.95 Å². The Morgan fingerprint density at radius 3 is 2.57 bits per heavy atom. The van der Waals surface area contributed by atoms with E-state index in [4.69, 9.17) is 23.2 Å². The van der Waals surface area contributed by atoms with Gasteiger partial charge in [-0.05, 0) is 54.8 Å². The van der Waals surface area contributed by atoms with Crippen molar-refractivity contribution in [1.82, 2.24) is 15.0 Å². The van der Waals surface area contributed by atoms with Gasteiger partial charge in [-0.25, -0.2) is 18.7 Å². The van der Waals surface area contributed by atoms with Crippen molar-refractivity contribution in [2.45, 2.75) is 19.4 Å². The molecule has 1 aliphatic rings. The molecule has 0 fully saturated rings. The van der Waals surface area contributed by atoms with Crippen molar-refractivity contribution in [2.75, 3.05) is 11.4 Å². The van der Waals surface area contributed by atoms with E-state index in [-0.39, 0.29) is 16.9 Å². The quantitative estimate of drug-likeness (QED) is 0.385. The number of aromatic nitrogens is 3. The van der Waals surface area contributed by atoms with Gasteiger partial charge in [0, 0.05) is 28.8 Å². The summed E-state index contributed by atoms with van der Waals surface area (Å²) in [5, 5.41) is 1.32. The highest BCUT2D eigenvalue weighted by Gasteiger charge is 2.33. The number of H-pyrrole nitrogens is 1. The molecule has 0 saturated carbocycles. The molecule has 0 aliphatic carbocycles. The van der Waals surface area contributed by atoms with Crippen LogP contribution in [0.3, 0.4) is 0 Å². The fourth-order valence-corrected chi connectivity index (χ4v) is 4.53. The highest BCUT2D eigenvalue weighted by Crippen LogP contribution is 2.41. The second kappa shape index (κ2) is 7.22. The summed E-state index contributed by atoms with van der Waals surface area (Å²) in [6.07, 6.45) is 0.684. The summed E-state index contributed by atoms with van der Waals surface area (Å²) >= 11 is 12.2. The first-order valence-corrected chi connectivity index (χ1v) is 10.2. The van der Waals surface area contributed by atoms with Crippen LogP contribution >= 0.6 is 23.2 Å². The number of halogens is 4. The minimum Gasteiger partial charge on any atom is -0.356 e. The number of hydrogen-bond donors (Lipinski definition) is 1. The number of hydrogen-bond acceptors (Lipinski definition) is 3. The molecule has 30 heavy (non-hydrogen) atoms. The second-order valence-corrected chi connectivity index (χ2v) is 8.15. The third-order valence-corrected chi connectivity index (χ3v) is 5.90. The van der Waals surface area contributed by atoms with E-state index < -0.39 is 5.82 Å². The second-order valence-electron chi connectivity index (χ2n) is 7.36. The van der Waals surface area contributed by atoms with E-state index in [9.17, 15) is 8.78 Å². The molecule has 1 N–H and O–H groups in total. The third kappa shape index (κ3) is 3.20. The highest BCUT2D eigenvalue weighted by atomic mass is 35.5. The maximum Gasteiger partial charge on any atom is 0.227 e. The number of nitrogens with zero attached hydrogens (tertiary/aromatic N) is 3. The van der Waals surface area contributed by atoms with Gasteiger partial charge < -0.3 is 9.88 Å². The molecule has 3 heterocycles. The Morgan fingerprint density at radius 2 is 1.83 bits per heavy atom. The first kappa shape index (κ1) is 19.3. The fourth-order valence-electron chi connectivity index (χ4n) is 4.14. The number of benzene rings is 2. The molecule has 152 valence electrons. The maximum absolute atomic E-state index is 14.1.